The highest BCUT2D eigenvalue weighted by molar-refractivity contribution is 5.97. The van der Waals surface area contributed by atoms with Crippen molar-refractivity contribution in [2.75, 3.05) is 19.8 Å². The number of hydrogen-bond acceptors (Lipinski definition) is 7. The van der Waals surface area contributed by atoms with Crippen molar-refractivity contribution in [1.82, 2.24) is 0 Å². The third-order valence-electron chi connectivity index (χ3n) is 3.51. The normalized spacial score (nSPS) is 10.6. The molecule has 0 spiro atoms. The predicted octanol–water partition coefficient (Wildman–Crippen LogP) is 3.54. The Hall–Kier alpha value is -3.79. The molecule has 2 aromatic carbocycles. The molecule has 0 aliphatic carbocycles. The van der Waals surface area contributed by atoms with Gasteiger partial charge in [-0.25, -0.2) is 9.59 Å². The third-order valence-corrected chi connectivity index (χ3v) is 3.51. The smallest absolute Gasteiger partial charge is 0.349 e. The number of carbonyl (C=O) groups is 2. The van der Waals surface area contributed by atoms with Crippen LogP contribution < -0.4 is 14.2 Å². The van der Waals surface area contributed by atoms with E-state index in [-0.39, 0.29) is 24.5 Å². The zero-order valence-electron chi connectivity index (χ0n) is 16.2. The van der Waals surface area contributed by atoms with Crippen LogP contribution in [0.3, 0.4) is 0 Å². The summed E-state index contributed by atoms with van der Waals surface area (Å²) >= 11 is 0. The zero-order valence-corrected chi connectivity index (χ0v) is 16.2. The van der Waals surface area contributed by atoms with E-state index in [1.54, 1.807) is 55.5 Å². The van der Waals surface area contributed by atoms with E-state index >= 15 is 0 Å². The summed E-state index contributed by atoms with van der Waals surface area (Å²) in [6, 6.07) is 15.1. The van der Waals surface area contributed by atoms with Crippen LogP contribution in [0.2, 0.25) is 0 Å². The number of nitrogens with zero attached hydrogens (tertiary/aromatic N) is 1. The summed E-state index contributed by atoms with van der Waals surface area (Å²) in [5.41, 5.74) is 0.376. The number of benzene rings is 2. The predicted molar refractivity (Wildman–Crippen MR) is 105 cm³/mol. The van der Waals surface area contributed by atoms with Gasteiger partial charge < -0.3 is 18.9 Å². The van der Waals surface area contributed by atoms with Gasteiger partial charge in [-0.2, -0.15) is 5.26 Å². The SMILES string of the molecule is CCOC(=O)/C(C#N)=C/c1cccc(OC(=O)COc2ccc(OCC)cc2)c1. The maximum atomic E-state index is 12.0. The van der Waals surface area contributed by atoms with E-state index < -0.39 is 11.9 Å². The highest BCUT2D eigenvalue weighted by Crippen LogP contribution is 2.19. The summed E-state index contributed by atoms with van der Waals surface area (Å²) in [5.74, 6) is 0.189. The van der Waals surface area contributed by atoms with Crippen molar-refractivity contribution >= 4 is 18.0 Å². The molecule has 0 fully saturated rings. The summed E-state index contributed by atoms with van der Waals surface area (Å²) in [6.07, 6.45) is 1.37. The second-order valence-corrected chi connectivity index (χ2v) is 5.63. The minimum Gasteiger partial charge on any atom is -0.494 e. The molecular formula is C22H21NO6. The van der Waals surface area contributed by atoms with Crippen LogP contribution in [0.25, 0.3) is 6.08 Å². The van der Waals surface area contributed by atoms with Crippen LogP contribution in [0.4, 0.5) is 0 Å². The first-order chi connectivity index (χ1) is 14.0. The summed E-state index contributed by atoms with van der Waals surface area (Å²) in [6.45, 7) is 4.01. The molecule has 0 aromatic heterocycles. The highest BCUT2D eigenvalue weighted by Gasteiger charge is 2.11. The fraction of sp³-hybridized carbons (Fsp3) is 0.227. The Kier molecular flexibility index (Phi) is 8.27. The number of rotatable bonds is 9. The van der Waals surface area contributed by atoms with E-state index in [1.165, 1.54) is 12.1 Å². The minimum atomic E-state index is -0.707. The molecule has 0 bridgehead atoms. The maximum Gasteiger partial charge on any atom is 0.349 e. The topological polar surface area (TPSA) is 94.9 Å². The second-order valence-electron chi connectivity index (χ2n) is 5.63. The van der Waals surface area contributed by atoms with Crippen molar-refractivity contribution in [2.24, 2.45) is 0 Å². The highest BCUT2D eigenvalue weighted by atomic mass is 16.6. The minimum absolute atomic E-state index is 0.144. The van der Waals surface area contributed by atoms with Gasteiger partial charge in [-0.3, -0.25) is 0 Å². The van der Waals surface area contributed by atoms with Crippen LogP contribution in [0.1, 0.15) is 19.4 Å². The van der Waals surface area contributed by atoms with Crippen molar-refractivity contribution in [3.8, 4) is 23.3 Å². The Bertz CT molecular complexity index is 912. The van der Waals surface area contributed by atoms with Gasteiger partial charge in [0, 0.05) is 0 Å². The van der Waals surface area contributed by atoms with Crippen LogP contribution in [-0.4, -0.2) is 31.8 Å². The quantitative estimate of drug-likeness (QED) is 0.277. The van der Waals surface area contributed by atoms with E-state index in [9.17, 15) is 9.59 Å². The van der Waals surface area contributed by atoms with Gasteiger partial charge in [0.15, 0.2) is 6.61 Å². The van der Waals surface area contributed by atoms with Crippen LogP contribution in [0.5, 0.6) is 17.2 Å². The van der Waals surface area contributed by atoms with Crippen molar-refractivity contribution in [3.63, 3.8) is 0 Å². The fourth-order valence-electron chi connectivity index (χ4n) is 2.28. The molecule has 0 unspecified atom stereocenters. The van der Waals surface area contributed by atoms with Crippen LogP contribution in [0.15, 0.2) is 54.1 Å². The fourth-order valence-corrected chi connectivity index (χ4v) is 2.28. The Labute approximate surface area is 169 Å². The van der Waals surface area contributed by atoms with Gasteiger partial charge in [-0.1, -0.05) is 12.1 Å². The summed E-state index contributed by atoms with van der Waals surface area (Å²) in [5, 5.41) is 9.10. The van der Waals surface area contributed by atoms with E-state index in [1.807, 2.05) is 6.92 Å². The lowest BCUT2D eigenvalue weighted by Crippen LogP contribution is -2.17. The molecule has 0 N–H and O–H groups in total. The molecule has 0 saturated heterocycles. The molecule has 2 aromatic rings. The van der Waals surface area contributed by atoms with Gasteiger partial charge in [0.25, 0.3) is 0 Å². The molecular weight excluding hydrogens is 374 g/mol. The van der Waals surface area contributed by atoms with Crippen molar-refractivity contribution in [1.29, 1.82) is 5.26 Å². The monoisotopic (exact) mass is 395 g/mol. The summed E-state index contributed by atoms with van der Waals surface area (Å²) in [4.78, 5) is 23.7. The molecule has 150 valence electrons. The Morgan fingerprint density at radius 1 is 0.966 bits per heavy atom. The molecule has 0 amide bonds. The van der Waals surface area contributed by atoms with E-state index in [0.717, 1.165) is 0 Å². The molecule has 0 aliphatic heterocycles. The molecule has 0 saturated carbocycles. The van der Waals surface area contributed by atoms with Crippen molar-refractivity contribution < 1.29 is 28.5 Å². The Morgan fingerprint density at radius 3 is 2.28 bits per heavy atom. The van der Waals surface area contributed by atoms with E-state index in [0.29, 0.717) is 23.7 Å². The average molecular weight is 395 g/mol. The van der Waals surface area contributed by atoms with E-state index in [2.05, 4.69) is 0 Å². The largest absolute Gasteiger partial charge is 0.494 e. The molecule has 0 atom stereocenters. The summed E-state index contributed by atoms with van der Waals surface area (Å²) < 4.78 is 20.8. The third kappa shape index (κ3) is 7.03. The molecule has 7 heteroatoms. The van der Waals surface area contributed by atoms with Gasteiger partial charge >= 0.3 is 11.9 Å². The number of hydrogen-bond donors (Lipinski definition) is 0. The lowest BCUT2D eigenvalue weighted by molar-refractivity contribution is -0.138. The standard InChI is InChI=1S/C22H21NO6/c1-3-26-18-8-10-19(11-9-18)28-15-21(24)29-20-7-5-6-16(13-20)12-17(14-23)22(25)27-4-2/h5-13H,3-4,15H2,1-2H3/b17-12+. The van der Waals surface area contributed by atoms with Gasteiger partial charge in [-0.05, 0) is 61.9 Å². The van der Waals surface area contributed by atoms with Gasteiger partial charge in [-0.15, -0.1) is 0 Å². The molecule has 0 aliphatic rings. The van der Waals surface area contributed by atoms with Crippen molar-refractivity contribution in [3.05, 3.63) is 59.7 Å². The molecule has 0 radical (unpaired) electrons. The van der Waals surface area contributed by atoms with Gasteiger partial charge in [0.2, 0.25) is 0 Å². The molecule has 7 nitrogen and oxygen atoms in total. The lowest BCUT2D eigenvalue weighted by atomic mass is 10.1. The number of nitriles is 1. The Morgan fingerprint density at radius 2 is 1.66 bits per heavy atom. The molecule has 2 rings (SSSR count). The summed E-state index contributed by atoms with van der Waals surface area (Å²) in [7, 11) is 0. The number of esters is 2. The van der Waals surface area contributed by atoms with Crippen molar-refractivity contribution in [2.45, 2.75) is 13.8 Å². The van der Waals surface area contributed by atoms with Gasteiger partial charge in [0.1, 0.15) is 28.9 Å². The molecule has 0 heterocycles. The lowest BCUT2D eigenvalue weighted by Gasteiger charge is -2.08. The average Bonchev–Trinajstić information content (AvgIpc) is 2.72. The maximum absolute atomic E-state index is 12.0. The first kappa shape index (κ1) is 21.5. The zero-order chi connectivity index (χ0) is 21.1. The number of carbonyl (C=O) groups excluding carboxylic acids is 2. The Balaban J connectivity index is 1.96. The van der Waals surface area contributed by atoms with E-state index in [4.69, 9.17) is 24.2 Å². The first-order valence-corrected chi connectivity index (χ1v) is 9.01. The van der Waals surface area contributed by atoms with Crippen LogP contribution in [0, 0.1) is 11.3 Å². The number of ether oxygens (including phenoxy) is 4. The first-order valence-electron chi connectivity index (χ1n) is 9.01. The van der Waals surface area contributed by atoms with Gasteiger partial charge in [0.05, 0.1) is 13.2 Å². The van der Waals surface area contributed by atoms with Crippen LogP contribution >= 0.6 is 0 Å². The van der Waals surface area contributed by atoms with Crippen LogP contribution in [-0.2, 0) is 14.3 Å². The molecule has 29 heavy (non-hydrogen) atoms. The second kappa shape index (κ2) is 11.1.